The SMILES string of the molecule is CC.CC(=O)\C=C(C)/C=C/C=C(C)\C=C\C1=C(C)CCCC1(C)C. The van der Waals surface area contributed by atoms with E-state index in [1.807, 2.05) is 32.9 Å². The molecule has 0 aliphatic heterocycles. The quantitative estimate of drug-likeness (QED) is 0.387. The highest BCUT2D eigenvalue weighted by molar-refractivity contribution is 5.88. The van der Waals surface area contributed by atoms with E-state index in [4.69, 9.17) is 0 Å². The van der Waals surface area contributed by atoms with Crippen LogP contribution < -0.4 is 0 Å². The second-order valence-corrected chi connectivity index (χ2v) is 7.03. The van der Waals surface area contributed by atoms with Gasteiger partial charge in [0.25, 0.3) is 0 Å². The van der Waals surface area contributed by atoms with E-state index in [1.165, 1.54) is 36.0 Å². The lowest BCUT2D eigenvalue weighted by atomic mass is 9.72. The average Bonchev–Trinajstić information content (AvgIpc) is 2.47. The summed E-state index contributed by atoms with van der Waals surface area (Å²) in [5, 5.41) is 0. The predicted octanol–water partition coefficient (Wildman–Crippen LogP) is 7.13. The summed E-state index contributed by atoms with van der Waals surface area (Å²) in [7, 11) is 0. The summed E-state index contributed by atoms with van der Waals surface area (Å²) in [6.45, 7) is 16.6. The fourth-order valence-corrected chi connectivity index (χ4v) is 3.00. The summed E-state index contributed by atoms with van der Waals surface area (Å²) < 4.78 is 0. The molecular formula is C23H36O. The third kappa shape index (κ3) is 8.29. The Labute approximate surface area is 149 Å². The van der Waals surface area contributed by atoms with Crippen LogP contribution in [0.1, 0.15) is 74.7 Å². The highest BCUT2D eigenvalue weighted by Crippen LogP contribution is 2.40. The van der Waals surface area contributed by atoms with Crippen LogP contribution in [0.5, 0.6) is 0 Å². The number of carbonyl (C=O) groups excluding carboxylic acids is 1. The van der Waals surface area contributed by atoms with Crippen molar-refractivity contribution in [1.29, 1.82) is 0 Å². The first-order valence-corrected chi connectivity index (χ1v) is 9.14. The van der Waals surface area contributed by atoms with Gasteiger partial charge in [0.05, 0.1) is 0 Å². The van der Waals surface area contributed by atoms with Gasteiger partial charge in [-0.1, -0.05) is 69.2 Å². The van der Waals surface area contributed by atoms with Crippen molar-refractivity contribution in [1.82, 2.24) is 0 Å². The molecule has 1 rings (SSSR count). The standard InChI is InChI=1S/C21H30O.C2H6/c1-16(9-7-10-17(2)15-19(4)22)12-13-20-18(3)11-8-14-21(20,5)6;1-2/h7,9-10,12-13,15H,8,11,14H2,1-6H3;1-2H3/b10-7+,13-12+,16-9-,17-15-;. The summed E-state index contributed by atoms with van der Waals surface area (Å²) in [6.07, 6.45) is 16.0. The second-order valence-electron chi connectivity index (χ2n) is 7.03. The molecule has 0 saturated carbocycles. The van der Waals surface area contributed by atoms with Gasteiger partial charge in [-0.2, -0.15) is 0 Å². The van der Waals surface area contributed by atoms with Gasteiger partial charge < -0.3 is 0 Å². The Morgan fingerprint density at radius 1 is 1.04 bits per heavy atom. The van der Waals surface area contributed by atoms with Gasteiger partial charge in [0.2, 0.25) is 0 Å². The molecule has 0 aromatic rings. The Bertz CT molecular complexity index is 563. The number of rotatable bonds is 5. The second kappa shape index (κ2) is 11.0. The van der Waals surface area contributed by atoms with Crippen LogP contribution in [0.25, 0.3) is 0 Å². The van der Waals surface area contributed by atoms with Gasteiger partial charge in [-0.3, -0.25) is 4.79 Å². The normalized spacial score (nSPS) is 18.8. The van der Waals surface area contributed by atoms with E-state index in [9.17, 15) is 4.79 Å². The molecule has 134 valence electrons. The Hall–Kier alpha value is -1.63. The zero-order valence-electron chi connectivity index (χ0n) is 17.0. The summed E-state index contributed by atoms with van der Waals surface area (Å²) in [4.78, 5) is 11.0. The van der Waals surface area contributed by atoms with Crippen molar-refractivity contribution in [3.8, 4) is 0 Å². The first kappa shape index (κ1) is 22.4. The van der Waals surface area contributed by atoms with Gasteiger partial charge in [-0.15, -0.1) is 0 Å². The van der Waals surface area contributed by atoms with E-state index in [0.29, 0.717) is 0 Å². The van der Waals surface area contributed by atoms with Crippen LogP contribution in [0.3, 0.4) is 0 Å². The molecule has 0 saturated heterocycles. The largest absolute Gasteiger partial charge is 0.295 e. The smallest absolute Gasteiger partial charge is 0.152 e. The van der Waals surface area contributed by atoms with Gasteiger partial charge in [0.15, 0.2) is 5.78 Å². The minimum absolute atomic E-state index is 0.0877. The lowest BCUT2D eigenvalue weighted by Crippen LogP contribution is -2.19. The molecular weight excluding hydrogens is 292 g/mol. The van der Waals surface area contributed by atoms with E-state index in [0.717, 1.165) is 5.57 Å². The lowest BCUT2D eigenvalue weighted by molar-refractivity contribution is -0.112. The van der Waals surface area contributed by atoms with E-state index in [1.54, 1.807) is 13.0 Å². The number of allylic oxidation sites excluding steroid dienone is 10. The molecule has 1 heteroatoms. The van der Waals surface area contributed by atoms with Crippen LogP contribution in [0.15, 0.2) is 58.7 Å². The average molecular weight is 329 g/mol. The zero-order chi connectivity index (χ0) is 18.8. The molecule has 0 unspecified atom stereocenters. The fraction of sp³-hybridized carbons (Fsp3) is 0.522. The third-order valence-corrected chi connectivity index (χ3v) is 4.20. The minimum Gasteiger partial charge on any atom is -0.295 e. The molecule has 0 amide bonds. The highest BCUT2D eigenvalue weighted by atomic mass is 16.1. The molecule has 0 radical (unpaired) electrons. The first-order chi connectivity index (χ1) is 11.2. The van der Waals surface area contributed by atoms with Crippen molar-refractivity contribution >= 4 is 5.78 Å². The monoisotopic (exact) mass is 328 g/mol. The molecule has 0 atom stereocenters. The summed E-state index contributed by atoms with van der Waals surface area (Å²) >= 11 is 0. The maximum atomic E-state index is 11.0. The van der Waals surface area contributed by atoms with Crippen LogP contribution in [0.4, 0.5) is 0 Å². The molecule has 0 N–H and O–H groups in total. The number of hydrogen-bond donors (Lipinski definition) is 0. The molecule has 0 fully saturated rings. The van der Waals surface area contributed by atoms with Crippen molar-refractivity contribution < 1.29 is 4.79 Å². The van der Waals surface area contributed by atoms with Crippen LogP contribution in [-0.2, 0) is 4.79 Å². The van der Waals surface area contributed by atoms with E-state index >= 15 is 0 Å². The van der Waals surface area contributed by atoms with E-state index in [2.05, 4.69) is 45.9 Å². The van der Waals surface area contributed by atoms with Gasteiger partial charge in [-0.25, -0.2) is 0 Å². The maximum Gasteiger partial charge on any atom is 0.152 e. The molecule has 0 aromatic carbocycles. The molecule has 24 heavy (non-hydrogen) atoms. The van der Waals surface area contributed by atoms with Gasteiger partial charge in [0, 0.05) is 0 Å². The number of carbonyl (C=O) groups is 1. The van der Waals surface area contributed by atoms with Gasteiger partial charge >= 0.3 is 0 Å². The summed E-state index contributed by atoms with van der Waals surface area (Å²) in [5.41, 5.74) is 5.50. The summed E-state index contributed by atoms with van der Waals surface area (Å²) in [6, 6.07) is 0. The minimum atomic E-state index is 0.0877. The number of ketones is 1. The van der Waals surface area contributed by atoms with Crippen molar-refractivity contribution in [2.75, 3.05) is 0 Å². The molecule has 1 aliphatic carbocycles. The van der Waals surface area contributed by atoms with Crippen molar-refractivity contribution in [2.45, 2.75) is 74.7 Å². The maximum absolute atomic E-state index is 11.0. The first-order valence-electron chi connectivity index (χ1n) is 9.14. The van der Waals surface area contributed by atoms with Crippen LogP contribution in [-0.4, -0.2) is 5.78 Å². The summed E-state index contributed by atoms with van der Waals surface area (Å²) in [5.74, 6) is 0.0877. The Morgan fingerprint density at radius 3 is 2.21 bits per heavy atom. The molecule has 0 bridgehead atoms. The molecule has 1 aliphatic rings. The van der Waals surface area contributed by atoms with Crippen LogP contribution in [0, 0.1) is 5.41 Å². The lowest BCUT2D eigenvalue weighted by Gasteiger charge is -2.32. The van der Waals surface area contributed by atoms with Crippen LogP contribution >= 0.6 is 0 Å². The fourth-order valence-electron chi connectivity index (χ4n) is 3.00. The van der Waals surface area contributed by atoms with Crippen molar-refractivity contribution in [3.05, 3.63) is 58.7 Å². The zero-order valence-corrected chi connectivity index (χ0v) is 17.0. The molecule has 0 spiro atoms. The predicted molar refractivity (Wildman–Crippen MR) is 108 cm³/mol. The Kier molecular flexibility index (Phi) is 10.3. The molecule has 0 aromatic heterocycles. The van der Waals surface area contributed by atoms with Crippen molar-refractivity contribution in [2.24, 2.45) is 5.41 Å². The van der Waals surface area contributed by atoms with Crippen molar-refractivity contribution in [3.63, 3.8) is 0 Å². The van der Waals surface area contributed by atoms with E-state index < -0.39 is 0 Å². The van der Waals surface area contributed by atoms with Gasteiger partial charge in [0.1, 0.15) is 0 Å². The molecule has 0 heterocycles. The van der Waals surface area contributed by atoms with Crippen LogP contribution in [0.2, 0.25) is 0 Å². The highest BCUT2D eigenvalue weighted by Gasteiger charge is 2.26. The Morgan fingerprint density at radius 2 is 1.67 bits per heavy atom. The third-order valence-electron chi connectivity index (χ3n) is 4.20. The topological polar surface area (TPSA) is 17.1 Å². The van der Waals surface area contributed by atoms with Gasteiger partial charge in [-0.05, 0) is 69.6 Å². The Balaban J connectivity index is 0.00000254. The van der Waals surface area contributed by atoms with E-state index in [-0.39, 0.29) is 11.2 Å². The number of hydrogen-bond acceptors (Lipinski definition) is 1. The molecule has 1 nitrogen and oxygen atoms in total.